The van der Waals surface area contributed by atoms with Gasteiger partial charge < -0.3 is 15.1 Å². The number of amides is 2. The Bertz CT molecular complexity index is 937. The molecule has 6 fully saturated rings. The van der Waals surface area contributed by atoms with Crippen molar-refractivity contribution in [1.82, 2.24) is 15.1 Å². The van der Waals surface area contributed by atoms with Crippen LogP contribution in [-0.2, 0) is 10.2 Å². The summed E-state index contributed by atoms with van der Waals surface area (Å²) in [4.78, 5) is 31.4. The molecular weight excluding hydrogens is 458 g/mol. The van der Waals surface area contributed by atoms with Crippen molar-refractivity contribution in [2.24, 2.45) is 23.7 Å². The van der Waals surface area contributed by atoms with Crippen molar-refractivity contribution in [3.05, 3.63) is 35.4 Å². The van der Waals surface area contributed by atoms with Crippen LogP contribution in [0.4, 0.5) is 0 Å². The number of carbonyl (C=O) groups excluding carboxylic acids is 2. The molecule has 6 aliphatic rings. The van der Waals surface area contributed by atoms with E-state index in [1.165, 1.54) is 76.4 Å². The lowest BCUT2D eigenvalue weighted by atomic mass is 9.48. The molecule has 1 aromatic rings. The first kappa shape index (κ1) is 25.4. The van der Waals surface area contributed by atoms with Gasteiger partial charge in [-0.05, 0) is 124 Å². The first-order valence-corrected chi connectivity index (χ1v) is 15.3. The van der Waals surface area contributed by atoms with Crippen molar-refractivity contribution in [2.75, 3.05) is 26.2 Å². The number of hydrogen-bond acceptors (Lipinski definition) is 3. The third-order valence-corrected chi connectivity index (χ3v) is 10.7. The molecule has 1 atom stereocenters. The van der Waals surface area contributed by atoms with E-state index in [0.29, 0.717) is 17.0 Å². The predicted molar refractivity (Wildman–Crippen MR) is 147 cm³/mol. The molecule has 0 spiro atoms. The molecule has 1 aromatic carbocycles. The number of benzene rings is 1. The number of piperidine rings is 2. The first-order chi connectivity index (χ1) is 17.9. The first-order valence-electron chi connectivity index (χ1n) is 15.3. The van der Waals surface area contributed by atoms with Gasteiger partial charge >= 0.3 is 0 Å². The Morgan fingerprint density at radius 1 is 0.838 bits per heavy atom. The minimum absolute atomic E-state index is 0.0579. The maximum atomic E-state index is 13.5. The van der Waals surface area contributed by atoms with E-state index < -0.39 is 6.04 Å². The van der Waals surface area contributed by atoms with Gasteiger partial charge in [0.25, 0.3) is 5.91 Å². The van der Waals surface area contributed by atoms with Gasteiger partial charge in [0.1, 0.15) is 6.04 Å². The smallest absolute Gasteiger partial charge is 0.251 e. The molecule has 1 N–H and O–H groups in total. The molecule has 37 heavy (non-hydrogen) atoms. The fourth-order valence-electron chi connectivity index (χ4n) is 9.11. The fraction of sp³-hybridized carbons (Fsp3) is 0.750. The van der Waals surface area contributed by atoms with Gasteiger partial charge in [-0.1, -0.05) is 32.4 Å². The predicted octanol–water partition coefficient (Wildman–Crippen LogP) is 5.39. The van der Waals surface area contributed by atoms with Crippen LogP contribution in [0.15, 0.2) is 24.3 Å². The highest BCUT2D eigenvalue weighted by atomic mass is 16.2. The highest BCUT2D eigenvalue weighted by Crippen LogP contribution is 2.60. The van der Waals surface area contributed by atoms with E-state index in [2.05, 4.69) is 22.3 Å². The number of nitrogens with zero attached hydrogens (tertiary/aromatic N) is 2. The zero-order valence-corrected chi connectivity index (χ0v) is 23.1. The van der Waals surface area contributed by atoms with E-state index in [1.54, 1.807) is 0 Å². The van der Waals surface area contributed by atoms with E-state index in [0.717, 1.165) is 43.7 Å². The van der Waals surface area contributed by atoms with Crippen LogP contribution in [-0.4, -0.2) is 59.9 Å². The van der Waals surface area contributed by atoms with Crippen LogP contribution in [0, 0.1) is 23.7 Å². The highest BCUT2D eigenvalue weighted by Gasteiger charge is 2.51. The second-order valence-electron chi connectivity index (χ2n) is 13.6. The van der Waals surface area contributed by atoms with Gasteiger partial charge in [-0.15, -0.1) is 0 Å². The summed E-state index contributed by atoms with van der Waals surface area (Å²) in [5.41, 5.74) is 2.47. The lowest BCUT2D eigenvalue weighted by Crippen LogP contribution is -2.55. The molecule has 0 aromatic heterocycles. The van der Waals surface area contributed by atoms with Crippen molar-refractivity contribution in [1.29, 1.82) is 0 Å². The average Bonchev–Trinajstić information content (AvgIpc) is 2.91. The lowest BCUT2D eigenvalue weighted by molar-refractivity contribution is -0.136. The van der Waals surface area contributed by atoms with Crippen molar-refractivity contribution in [3.63, 3.8) is 0 Å². The third kappa shape index (κ3) is 5.10. The molecule has 5 heteroatoms. The Labute approximate surface area is 223 Å². The summed E-state index contributed by atoms with van der Waals surface area (Å²) >= 11 is 0. The summed E-state index contributed by atoms with van der Waals surface area (Å²) in [6.45, 7) is 8.12. The molecule has 5 nitrogen and oxygen atoms in total. The maximum Gasteiger partial charge on any atom is 0.251 e. The van der Waals surface area contributed by atoms with Gasteiger partial charge in [-0.2, -0.15) is 0 Å². The SMILES string of the molecule is CC(C)[C@@H](NC(=O)c1ccc(C23CC4CC(CC(C4)C2)C3)cc1)C(=O)N1CCC(N2CCCCC2)CC1. The number of hydrogen-bond donors (Lipinski definition) is 1. The molecular formula is C32H47N3O2. The third-order valence-electron chi connectivity index (χ3n) is 10.7. The van der Waals surface area contributed by atoms with E-state index >= 15 is 0 Å². The number of carbonyl (C=O) groups is 2. The lowest BCUT2D eigenvalue weighted by Gasteiger charge is -2.57. The zero-order chi connectivity index (χ0) is 25.6. The van der Waals surface area contributed by atoms with Gasteiger partial charge in [-0.25, -0.2) is 0 Å². The molecule has 2 aliphatic heterocycles. The average molecular weight is 506 g/mol. The Kier molecular flexibility index (Phi) is 7.11. The van der Waals surface area contributed by atoms with Gasteiger partial charge in [0.05, 0.1) is 0 Å². The van der Waals surface area contributed by atoms with E-state index in [9.17, 15) is 9.59 Å². The summed E-state index contributed by atoms with van der Waals surface area (Å²) in [7, 11) is 0. The number of nitrogens with one attached hydrogen (secondary N) is 1. The van der Waals surface area contributed by atoms with Crippen LogP contribution in [0.5, 0.6) is 0 Å². The van der Waals surface area contributed by atoms with Crippen LogP contribution in [0.1, 0.15) is 100 Å². The van der Waals surface area contributed by atoms with Crippen LogP contribution in [0.3, 0.4) is 0 Å². The molecule has 0 radical (unpaired) electrons. The Balaban J connectivity index is 1.07. The summed E-state index contributed by atoms with van der Waals surface area (Å²) < 4.78 is 0. The van der Waals surface area contributed by atoms with Crippen molar-refractivity contribution >= 4 is 11.8 Å². The Morgan fingerprint density at radius 2 is 1.41 bits per heavy atom. The number of rotatable bonds is 6. The molecule has 0 unspecified atom stereocenters. The standard InChI is InChI=1S/C32H47N3O2/c1-22(2)29(31(37)35-14-10-28(11-15-35)34-12-4-3-5-13-34)33-30(36)26-6-8-27(9-7-26)32-19-23-16-24(20-32)18-25(17-23)21-32/h6-9,22-25,28-29H,3-5,10-21H2,1-2H3,(H,33,36)/t23?,24?,25?,29-,32?/m1/s1. The fourth-order valence-corrected chi connectivity index (χ4v) is 9.11. The van der Waals surface area contributed by atoms with Crippen LogP contribution in [0.2, 0.25) is 0 Å². The van der Waals surface area contributed by atoms with E-state index in [-0.39, 0.29) is 17.7 Å². The summed E-state index contributed by atoms with van der Waals surface area (Å²) in [5.74, 6) is 2.77. The largest absolute Gasteiger partial charge is 0.341 e. The van der Waals surface area contributed by atoms with Crippen molar-refractivity contribution in [2.45, 2.75) is 102 Å². The quantitative estimate of drug-likeness (QED) is 0.564. The van der Waals surface area contributed by atoms with Crippen molar-refractivity contribution in [3.8, 4) is 0 Å². The highest BCUT2D eigenvalue weighted by molar-refractivity contribution is 5.97. The van der Waals surface area contributed by atoms with Gasteiger partial charge in [0, 0.05) is 24.7 Å². The van der Waals surface area contributed by atoms with Gasteiger partial charge in [0.15, 0.2) is 0 Å². The summed E-state index contributed by atoms with van der Waals surface area (Å²) in [6.07, 6.45) is 14.4. The van der Waals surface area contributed by atoms with Crippen LogP contribution >= 0.6 is 0 Å². The summed E-state index contributed by atoms with van der Waals surface area (Å²) in [5, 5.41) is 3.12. The molecule has 4 bridgehead atoms. The van der Waals surface area contributed by atoms with Gasteiger partial charge in [-0.3, -0.25) is 9.59 Å². The monoisotopic (exact) mass is 505 g/mol. The van der Waals surface area contributed by atoms with Crippen LogP contribution < -0.4 is 5.32 Å². The second kappa shape index (κ2) is 10.4. The topological polar surface area (TPSA) is 52.7 Å². The minimum atomic E-state index is -0.470. The molecule has 7 rings (SSSR count). The van der Waals surface area contributed by atoms with Crippen LogP contribution in [0.25, 0.3) is 0 Å². The molecule has 202 valence electrons. The van der Waals surface area contributed by atoms with Crippen molar-refractivity contribution < 1.29 is 9.59 Å². The Morgan fingerprint density at radius 3 is 1.95 bits per heavy atom. The molecule has 4 saturated carbocycles. The minimum Gasteiger partial charge on any atom is -0.341 e. The molecule has 2 saturated heterocycles. The normalized spacial score (nSPS) is 33.1. The Hall–Kier alpha value is -1.88. The molecule has 2 amide bonds. The maximum absolute atomic E-state index is 13.5. The van der Waals surface area contributed by atoms with E-state index in [4.69, 9.17) is 0 Å². The van der Waals surface area contributed by atoms with Gasteiger partial charge in [0.2, 0.25) is 5.91 Å². The number of likely N-dealkylation sites (tertiary alicyclic amines) is 2. The summed E-state index contributed by atoms with van der Waals surface area (Å²) in [6, 6.07) is 8.61. The zero-order valence-electron chi connectivity index (χ0n) is 23.1. The van der Waals surface area contributed by atoms with E-state index in [1.807, 2.05) is 30.9 Å². The molecule has 4 aliphatic carbocycles. The molecule has 2 heterocycles. The second-order valence-corrected chi connectivity index (χ2v) is 13.6.